The number of H-pyrrole nitrogens is 1. The van der Waals surface area contributed by atoms with Crippen LogP contribution in [0.15, 0.2) is 41.5 Å². The Bertz CT molecular complexity index is 583. The number of nitrogens with zero attached hydrogens (tertiary/aromatic N) is 1. The summed E-state index contributed by atoms with van der Waals surface area (Å²) in [5, 5.41) is 3.02. The summed E-state index contributed by atoms with van der Waals surface area (Å²) in [6, 6.07) is 9.52. The molecule has 0 spiro atoms. The SMILES string of the molecule is COc1c(NCC(N)c2ccccc2)nc[nH]c1=O. The number of hydrogen-bond donors (Lipinski definition) is 3. The number of nitrogens with one attached hydrogen (secondary N) is 2. The molecule has 1 aromatic carbocycles. The average Bonchev–Trinajstić information content (AvgIpc) is 2.45. The lowest BCUT2D eigenvalue weighted by Gasteiger charge is -2.14. The van der Waals surface area contributed by atoms with Gasteiger partial charge in [-0.05, 0) is 5.56 Å². The second-order valence-electron chi connectivity index (χ2n) is 4.01. The molecule has 1 atom stereocenters. The van der Waals surface area contributed by atoms with Gasteiger partial charge in [-0.15, -0.1) is 0 Å². The van der Waals surface area contributed by atoms with Gasteiger partial charge in [0.15, 0.2) is 5.82 Å². The number of rotatable bonds is 5. The Balaban J connectivity index is 2.07. The van der Waals surface area contributed by atoms with E-state index in [-0.39, 0.29) is 17.4 Å². The molecule has 6 nitrogen and oxygen atoms in total. The van der Waals surface area contributed by atoms with E-state index in [2.05, 4.69) is 15.3 Å². The smallest absolute Gasteiger partial charge is 0.295 e. The average molecular weight is 260 g/mol. The molecular weight excluding hydrogens is 244 g/mol. The Morgan fingerprint density at radius 1 is 1.42 bits per heavy atom. The predicted octanol–water partition coefficient (Wildman–Crippen LogP) is 0.890. The van der Waals surface area contributed by atoms with Crippen LogP contribution < -0.4 is 21.3 Å². The molecule has 1 unspecified atom stereocenters. The third-order valence-corrected chi connectivity index (χ3v) is 2.73. The van der Waals surface area contributed by atoms with Gasteiger partial charge in [0, 0.05) is 12.6 Å². The number of aromatic nitrogens is 2. The van der Waals surface area contributed by atoms with Crippen LogP contribution in [-0.4, -0.2) is 23.6 Å². The standard InChI is InChI=1S/C13H16N4O2/c1-19-11-12(16-8-17-13(11)18)15-7-10(14)9-5-3-2-4-6-9/h2-6,8,10H,7,14H2,1H3,(H2,15,16,17,18). The highest BCUT2D eigenvalue weighted by atomic mass is 16.5. The van der Waals surface area contributed by atoms with Crippen LogP contribution in [0.1, 0.15) is 11.6 Å². The number of hydrogen-bond acceptors (Lipinski definition) is 5. The van der Waals surface area contributed by atoms with Crippen molar-refractivity contribution >= 4 is 5.82 Å². The monoisotopic (exact) mass is 260 g/mol. The number of methoxy groups -OCH3 is 1. The second-order valence-corrected chi connectivity index (χ2v) is 4.01. The van der Waals surface area contributed by atoms with Crippen molar-refractivity contribution in [1.29, 1.82) is 0 Å². The summed E-state index contributed by atoms with van der Waals surface area (Å²) in [5.41, 5.74) is 6.74. The molecule has 19 heavy (non-hydrogen) atoms. The Morgan fingerprint density at radius 2 is 2.16 bits per heavy atom. The van der Waals surface area contributed by atoms with Crippen LogP contribution >= 0.6 is 0 Å². The van der Waals surface area contributed by atoms with E-state index < -0.39 is 0 Å². The Labute approximate surface area is 110 Å². The van der Waals surface area contributed by atoms with Crippen molar-refractivity contribution in [2.45, 2.75) is 6.04 Å². The van der Waals surface area contributed by atoms with Crippen molar-refractivity contribution < 1.29 is 4.74 Å². The predicted molar refractivity (Wildman–Crippen MR) is 73.3 cm³/mol. The normalized spacial score (nSPS) is 11.9. The first-order chi connectivity index (χ1) is 9.22. The molecule has 0 bridgehead atoms. The summed E-state index contributed by atoms with van der Waals surface area (Å²) in [7, 11) is 1.43. The van der Waals surface area contributed by atoms with Crippen LogP contribution in [-0.2, 0) is 0 Å². The maximum Gasteiger partial charge on any atom is 0.295 e. The van der Waals surface area contributed by atoms with E-state index in [0.29, 0.717) is 12.4 Å². The van der Waals surface area contributed by atoms with Crippen molar-refractivity contribution in [3.63, 3.8) is 0 Å². The molecule has 0 saturated carbocycles. The highest BCUT2D eigenvalue weighted by molar-refractivity contribution is 5.48. The minimum absolute atomic E-state index is 0.155. The lowest BCUT2D eigenvalue weighted by Crippen LogP contribution is -2.22. The van der Waals surface area contributed by atoms with Crippen molar-refractivity contribution in [3.05, 3.63) is 52.6 Å². The van der Waals surface area contributed by atoms with Crippen molar-refractivity contribution in [1.82, 2.24) is 9.97 Å². The summed E-state index contributed by atoms with van der Waals surface area (Å²) in [5.74, 6) is 0.542. The molecule has 6 heteroatoms. The Morgan fingerprint density at radius 3 is 2.84 bits per heavy atom. The van der Waals surface area contributed by atoms with Gasteiger partial charge in [0.25, 0.3) is 5.56 Å². The number of nitrogens with two attached hydrogens (primary N) is 1. The number of ether oxygens (including phenoxy) is 1. The Hall–Kier alpha value is -2.34. The van der Waals surface area contributed by atoms with E-state index in [9.17, 15) is 4.79 Å². The van der Waals surface area contributed by atoms with Gasteiger partial charge in [0.05, 0.1) is 13.4 Å². The molecule has 0 radical (unpaired) electrons. The molecule has 0 saturated heterocycles. The quantitative estimate of drug-likeness (QED) is 0.742. The van der Waals surface area contributed by atoms with Crippen molar-refractivity contribution in [2.24, 2.45) is 5.73 Å². The van der Waals surface area contributed by atoms with Gasteiger partial charge in [-0.1, -0.05) is 30.3 Å². The highest BCUT2D eigenvalue weighted by Crippen LogP contribution is 2.16. The fourth-order valence-electron chi connectivity index (χ4n) is 1.73. The van der Waals surface area contributed by atoms with Gasteiger partial charge in [0.1, 0.15) is 0 Å². The first-order valence-corrected chi connectivity index (χ1v) is 5.88. The fraction of sp³-hybridized carbons (Fsp3) is 0.231. The molecule has 1 aromatic heterocycles. The number of benzene rings is 1. The summed E-state index contributed by atoms with van der Waals surface area (Å²) in [6.07, 6.45) is 1.32. The maximum absolute atomic E-state index is 11.5. The lowest BCUT2D eigenvalue weighted by molar-refractivity contribution is 0.408. The molecule has 0 aliphatic carbocycles. The third-order valence-electron chi connectivity index (χ3n) is 2.73. The molecular formula is C13H16N4O2. The third kappa shape index (κ3) is 3.11. The number of anilines is 1. The largest absolute Gasteiger partial charge is 0.489 e. The van der Waals surface area contributed by atoms with Gasteiger partial charge in [0.2, 0.25) is 5.75 Å². The highest BCUT2D eigenvalue weighted by Gasteiger charge is 2.10. The molecule has 4 N–H and O–H groups in total. The van der Waals surface area contributed by atoms with Crippen molar-refractivity contribution in [2.75, 3.05) is 19.0 Å². The first kappa shape index (κ1) is 13.1. The van der Waals surface area contributed by atoms with E-state index in [0.717, 1.165) is 5.56 Å². The Kier molecular flexibility index (Phi) is 4.15. The van der Waals surface area contributed by atoms with Crippen LogP contribution in [0.3, 0.4) is 0 Å². The zero-order valence-corrected chi connectivity index (χ0v) is 10.6. The van der Waals surface area contributed by atoms with Crippen LogP contribution in [0, 0.1) is 0 Å². The fourth-order valence-corrected chi connectivity index (χ4v) is 1.73. The van der Waals surface area contributed by atoms with Gasteiger partial charge in [-0.25, -0.2) is 4.98 Å². The molecule has 0 amide bonds. The topological polar surface area (TPSA) is 93.0 Å². The number of aromatic amines is 1. The minimum Gasteiger partial charge on any atom is -0.489 e. The van der Waals surface area contributed by atoms with Gasteiger partial charge < -0.3 is 20.8 Å². The van der Waals surface area contributed by atoms with E-state index in [1.165, 1.54) is 13.4 Å². The lowest BCUT2D eigenvalue weighted by atomic mass is 10.1. The second kappa shape index (κ2) is 6.01. The molecule has 100 valence electrons. The van der Waals surface area contributed by atoms with Crippen LogP contribution in [0.2, 0.25) is 0 Å². The zero-order valence-electron chi connectivity index (χ0n) is 10.6. The van der Waals surface area contributed by atoms with Gasteiger partial charge in [-0.3, -0.25) is 4.79 Å². The molecule has 2 rings (SSSR count). The van der Waals surface area contributed by atoms with E-state index in [4.69, 9.17) is 10.5 Å². The van der Waals surface area contributed by atoms with Crippen LogP contribution in [0.5, 0.6) is 5.75 Å². The summed E-state index contributed by atoms with van der Waals surface area (Å²) >= 11 is 0. The summed E-state index contributed by atoms with van der Waals surface area (Å²) < 4.78 is 5.00. The zero-order chi connectivity index (χ0) is 13.7. The van der Waals surface area contributed by atoms with Crippen LogP contribution in [0.25, 0.3) is 0 Å². The molecule has 0 fully saturated rings. The van der Waals surface area contributed by atoms with E-state index in [1.807, 2.05) is 30.3 Å². The van der Waals surface area contributed by atoms with E-state index >= 15 is 0 Å². The molecule has 0 aliphatic heterocycles. The van der Waals surface area contributed by atoms with Gasteiger partial charge >= 0.3 is 0 Å². The molecule has 1 heterocycles. The molecule has 2 aromatic rings. The van der Waals surface area contributed by atoms with Gasteiger partial charge in [-0.2, -0.15) is 0 Å². The first-order valence-electron chi connectivity index (χ1n) is 5.88. The summed E-state index contributed by atoms with van der Waals surface area (Å²) in [6.45, 7) is 0.455. The molecule has 0 aliphatic rings. The van der Waals surface area contributed by atoms with E-state index in [1.54, 1.807) is 0 Å². The summed E-state index contributed by atoms with van der Waals surface area (Å²) in [4.78, 5) is 18.0. The minimum atomic E-state index is -0.326. The van der Waals surface area contributed by atoms with Crippen molar-refractivity contribution in [3.8, 4) is 5.75 Å². The van der Waals surface area contributed by atoms with Crippen LogP contribution in [0.4, 0.5) is 5.82 Å². The maximum atomic E-state index is 11.5.